The second-order valence-corrected chi connectivity index (χ2v) is 10.4. The Morgan fingerprint density at radius 2 is 1.70 bits per heavy atom. The molecule has 10 heteroatoms. The highest BCUT2D eigenvalue weighted by Crippen LogP contribution is 2.50. The number of nitro groups is 1. The fourth-order valence-electron chi connectivity index (χ4n) is 3.88. The molecule has 158 valence electrons. The third kappa shape index (κ3) is 3.75. The van der Waals surface area contributed by atoms with Gasteiger partial charge >= 0.3 is 0 Å². The minimum absolute atomic E-state index is 0.0352. The van der Waals surface area contributed by atoms with Crippen molar-refractivity contribution in [2.75, 3.05) is 26.2 Å². The lowest BCUT2D eigenvalue weighted by molar-refractivity contribution is -0.385. The lowest BCUT2D eigenvalue weighted by Crippen LogP contribution is -2.52. The maximum absolute atomic E-state index is 13.2. The summed E-state index contributed by atoms with van der Waals surface area (Å²) in [4.78, 5) is 25.2. The van der Waals surface area contributed by atoms with E-state index in [1.54, 1.807) is 4.90 Å². The molecule has 0 atom stereocenters. The van der Waals surface area contributed by atoms with E-state index in [1.165, 1.54) is 22.5 Å². The Labute approximate surface area is 182 Å². The van der Waals surface area contributed by atoms with Gasteiger partial charge in [0.25, 0.3) is 5.69 Å². The van der Waals surface area contributed by atoms with E-state index in [1.807, 2.05) is 24.3 Å². The molecule has 4 rings (SSSR count). The molecule has 2 aliphatic rings. The van der Waals surface area contributed by atoms with Gasteiger partial charge in [0, 0.05) is 42.8 Å². The number of benzene rings is 2. The van der Waals surface area contributed by atoms with Crippen LogP contribution in [0.5, 0.6) is 0 Å². The molecule has 1 saturated heterocycles. The number of carbonyl (C=O) groups is 1. The van der Waals surface area contributed by atoms with Gasteiger partial charge in [0.1, 0.15) is 0 Å². The molecule has 30 heavy (non-hydrogen) atoms. The van der Waals surface area contributed by atoms with Crippen molar-refractivity contribution in [2.24, 2.45) is 0 Å². The van der Waals surface area contributed by atoms with E-state index < -0.39 is 20.4 Å². The van der Waals surface area contributed by atoms with Crippen LogP contribution in [-0.4, -0.2) is 54.6 Å². The highest BCUT2D eigenvalue weighted by molar-refractivity contribution is 9.10. The van der Waals surface area contributed by atoms with E-state index in [2.05, 4.69) is 15.9 Å². The van der Waals surface area contributed by atoms with Crippen LogP contribution in [0, 0.1) is 10.1 Å². The first-order valence-electron chi connectivity index (χ1n) is 9.54. The van der Waals surface area contributed by atoms with Crippen molar-refractivity contribution < 1.29 is 18.1 Å². The molecule has 1 heterocycles. The first-order valence-corrected chi connectivity index (χ1v) is 11.8. The number of nitrogens with zero attached hydrogens (tertiary/aromatic N) is 3. The Hall–Kier alpha value is -2.30. The van der Waals surface area contributed by atoms with E-state index in [0.29, 0.717) is 13.1 Å². The predicted molar refractivity (Wildman–Crippen MR) is 113 cm³/mol. The zero-order valence-electron chi connectivity index (χ0n) is 16.0. The Balaban J connectivity index is 1.47. The summed E-state index contributed by atoms with van der Waals surface area (Å²) < 4.78 is 28.0. The van der Waals surface area contributed by atoms with E-state index in [0.717, 1.165) is 28.9 Å². The van der Waals surface area contributed by atoms with Gasteiger partial charge in [0.2, 0.25) is 15.9 Å². The van der Waals surface area contributed by atoms with Crippen molar-refractivity contribution in [3.8, 4) is 0 Å². The third-order valence-electron chi connectivity index (χ3n) is 5.73. The van der Waals surface area contributed by atoms with Gasteiger partial charge in [-0.3, -0.25) is 14.9 Å². The summed E-state index contributed by atoms with van der Waals surface area (Å²) in [5, 5.41) is 11.0. The molecule has 0 bridgehead atoms. The largest absolute Gasteiger partial charge is 0.339 e. The van der Waals surface area contributed by atoms with Gasteiger partial charge in [0.05, 0.1) is 15.2 Å². The number of carbonyl (C=O) groups excluding carboxylic acids is 1. The van der Waals surface area contributed by atoms with Crippen LogP contribution in [0.15, 0.2) is 57.9 Å². The second kappa shape index (κ2) is 7.75. The molecule has 0 N–H and O–H groups in total. The lowest BCUT2D eigenvalue weighted by Gasteiger charge is -2.36. The number of nitro benzene ring substituents is 1. The van der Waals surface area contributed by atoms with Crippen LogP contribution in [-0.2, 0) is 20.2 Å². The molecule has 0 aromatic heterocycles. The Bertz CT molecular complexity index is 1110. The number of piperazine rings is 1. The number of amides is 1. The predicted octanol–water partition coefficient (Wildman–Crippen LogP) is 2.92. The van der Waals surface area contributed by atoms with Crippen molar-refractivity contribution in [2.45, 2.75) is 23.2 Å². The third-order valence-corrected chi connectivity index (χ3v) is 8.12. The van der Waals surface area contributed by atoms with Gasteiger partial charge in [-0.05, 0) is 36.6 Å². The standard InChI is InChI=1S/C20H20BrN3O5S/c21-16-4-1-3-15(13-16)20(7-8-20)19(25)22-9-11-23(12-10-22)30(28,29)18-6-2-5-17(14-18)24(26)27/h1-6,13-14H,7-12H2. The van der Waals surface area contributed by atoms with E-state index in [-0.39, 0.29) is 29.6 Å². The molecule has 8 nitrogen and oxygen atoms in total. The fourth-order valence-corrected chi connectivity index (χ4v) is 5.74. The molecule has 2 aromatic rings. The molecule has 1 amide bonds. The first kappa shape index (κ1) is 21.0. The van der Waals surface area contributed by atoms with Crippen molar-refractivity contribution in [1.82, 2.24) is 9.21 Å². The maximum Gasteiger partial charge on any atom is 0.270 e. The maximum atomic E-state index is 13.2. The molecule has 1 aliphatic heterocycles. The van der Waals surface area contributed by atoms with Crippen molar-refractivity contribution in [3.05, 3.63) is 68.7 Å². The highest BCUT2D eigenvalue weighted by Gasteiger charge is 2.53. The van der Waals surface area contributed by atoms with Crippen molar-refractivity contribution in [3.63, 3.8) is 0 Å². The van der Waals surface area contributed by atoms with Crippen LogP contribution >= 0.6 is 15.9 Å². The summed E-state index contributed by atoms with van der Waals surface area (Å²) in [5.41, 5.74) is 0.202. The zero-order valence-corrected chi connectivity index (χ0v) is 18.4. The molecule has 0 spiro atoms. The monoisotopic (exact) mass is 493 g/mol. The average Bonchev–Trinajstić information content (AvgIpc) is 3.55. The first-order chi connectivity index (χ1) is 14.2. The molecular formula is C20H20BrN3O5S. The number of non-ortho nitro benzene ring substituents is 1. The summed E-state index contributed by atoms with van der Waals surface area (Å²) >= 11 is 3.45. The topological polar surface area (TPSA) is 101 Å². The van der Waals surface area contributed by atoms with Crippen LogP contribution in [0.25, 0.3) is 0 Å². The summed E-state index contributed by atoms with van der Waals surface area (Å²) in [6, 6.07) is 12.8. The van der Waals surface area contributed by atoms with Crippen LogP contribution in [0.1, 0.15) is 18.4 Å². The minimum atomic E-state index is -3.86. The number of rotatable bonds is 5. The van der Waals surface area contributed by atoms with E-state index in [4.69, 9.17) is 0 Å². The smallest absolute Gasteiger partial charge is 0.270 e. The Morgan fingerprint density at radius 1 is 1.03 bits per heavy atom. The van der Waals surface area contributed by atoms with Crippen LogP contribution < -0.4 is 0 Å². The van der Waals surface area contributed by atoms with Gasteiger partial charge in [-0.15, -0.1) is 0 Å². The minimum Gasteiger partial charge on any atom is -0.339 e. The van der Waals surface area contributed by atoms with Gasteiger partial charge in [-0.2, -0.15) is 4.31 Å². The Morgan fingerprint density at radius 3 is 2.30 bits per heavy atom. The van der Waals surface area contributed by atoms with Crippen LogP contribution in [0.2, 0.25) is 0 Å². The summed E-state index contributed by atoms with van der Waals surface area (Å²) in [7, 11) is -3.86. The molecule has 1 aliphatic carbocycles. The van der Waals surface area contributed by atoms with Crippen LogP contribution in [0.3, 0.4) is 0 Å². The molecule has 0 unspecified atom stereocenters. The lowest BCUT2D eigenvalue weighted by atomic mass is 9.94. The number of sulfonamides is 1. The number of hydrogen-bond acceptors (Lipinski definition) is 5. The fraction of sp³-hybridized carbons (Fsp3) is 0.350. The summed E-state index contributed by atoms with van der Waals surface area (Å²) in [6.07, 6.45) is 1.57. The van der Waals surface area contributed by atoms with E-state index >= 15 is 0 Å². The number of halogens is 1. The molecule has 2 fully saturated rings. The van der Waals surface area contributed by atoms with Gasteiger partial charge in [0.15, 0.2) is 0 Å². The van der Waals surface area contributed by atoms with Gasteiger partial charge < -0.3 is 4.90 Å². The average molecular weight is 494 g/mol. The molecule has 0 radical (unpaired) electrons. The molecule has 2 aromatic carbocycles. The SMILES string of the molecule is O=C(N1CCN(S(=O)(=O)c2cccc([N+](=O)[O-])c2)CC1)C1(c2cccc(Br)c2)CC1. The van der Waals surface area contributed by atoms with Crippen molar-refractivity contribution >= 4 is 37.5 Å². The summed E-state index contributed by atoms with van der Waals surface area (Å²) in [5.74, 6) is 0.0352. The van der Waals surface area contributed by atoms with Crippen LogP contribution in [0.4, 0.5) is 5.69 Å². The zero-order chi connectivity index (χ0) is 21.5. The second-order valence-electron chi connectivity index (χ2n) is 7.54. The van der Waals surface area contributed by atoms with Gasteiger partial charge in [-0.25, -0.2) is 8.42 Å². The van der Waals surface area contributed by atoms with E-state index in [9.17, 15) is 23.3 Å². The van der Waals surface area contributed by atoms with Crippen molar-refractivity contribution in [1.29, 1.82) is 0 Å². The molecular weight excluding hydrogens is 474 g/mol. The normalized spacial score (nSPS) is 18.8. The number of hydrogen-bond donors (Lipinski definition) is 0. The Kier molecular flexibility index (Phi) is 5.41. The summed E-state index contributed by atoms with van der Waals surface area (Å²) in [6.45, 7) is 0.905. The van der Waals surface area contributed by atoms with Gasteiger partial charge in [-0.1, -0.05) is 34.1 Å². The highest BCUT2D eigenvalue weighted by atomic mass is 79.9. The quantitative estimate of drug-likeness (QED) is 0.470. The molecule has 1 saturated carbocycles.